The van der Waals surface area contributed by atoms with Crippen LogP contribution in [0.25, 0.3) is 11.3 Å². The molecule has 194 valence electrons. The van der Waals surface area contributed by atoms with Crippen molar-refractivity contribution in [3.8, 4) is 17.0 Å². The topological polar surface area (TPSA) is 22.1 Å². The largest absolute Gasteiger partial charge is 0.493 e. The summed E-state index contributed by atoms with van der Waals surface area (Å²) >= 11 is 0. The van der Waals surface area contributed by atoms with Crippen molar-refractivity contribution >= 4 is 0 Å². The van der Waals surface area contributed by atoms with Gasteiger partial charge in [0.25, 0.3) is 0 Å². The average molecular weight is 478 g/mol. The monoisotopic (exact) mass is 477 g/mol. The van der Waals surface area contributed by atoms with Crippen LogP contribution in [0.2, 0.25) is 0 Å². The predicted octanol–water partition coefficient (Wildman–Crippen LogP) is 10.2. The summed E-state index contributed by atoms with van der Waals surface area (Å²) in [5, 5.41) is 0. The Labute approximate surface area is 216 Å². The highest BCUT2D eigenvalue weighted by molar-refractivity contribution is 5.60. The van der Waals surface area contributed by atoms with Gasteiger partial charge in [-0.15, -0.1) is 0 Å². The summed E-state index contributed by atoms with van der Waals surface area (Å²) in [7, 11) is 0. The van der Waals surface area contributed by atoms with Crippen molar-refractivity contribution in [3.05, 3.63) is 48.2 Å². The third-order valence-electron chi connectivity index (χ3n) is 7.96. The molecule has 1 aromatic carbocycles. The third kappa shape index (κ3) is 10.8. The molecule has 0 spiro atoms. The number of hydrogen-bond donors (Lipinski definition) is 0. The first-order chi connectivity index (χ1) is 17.3. The highest BCUT2D eigenvalue weighted by Crippen LogP contribution is 2.32. The molecule has 3 rings (SSSR count). The molecular formula is C33H51NO. The molecule has 0 aliphatic heterocycles. The van der Waals surface area contributed by atoms with E-state index in [9.17, 15) is 0 Å². The van der Waals surface area contributed by atoms with Crippen LogP contribution in [0.3, 0.4) is 0 Å². The first-order valence-corrected chi connectivity index (χ1v) is 15.0. The molecule has 1 aliphatic rings. The number of pyridine rings is 1. The zero-order chi connectivity index (χ0) is 24.6. The minimum absolute atomic E-state index is 0.729. The number of benzene rings is 1. The summed E-state index contributed by atoms with van der Waals surface area (Å²) in [6, 6.07) is 13.0. The molecule has 1 saturated carbocycles. The molecule has 1 fully saturated rings. The van der Waals surface area contributed by atoms with Crippen molar-refractivity contribution in [2.45, 2.75) is 123 Å². The number of aryl methyl sites for hydroxylation is 1. The second-order valence-electron chi connectivity index (χ2n) is 11.0. The van der Waals surface area contributed by atoms with Crippen molar-refractivity contribution in [2.75, 3.05) is 6.61 Å². The van der Waals surface area contributed by atoms with E-state index in [4.69, 9.17) is 9.72 Å². The fraction of sp³-hybridized carbons (Fsp3) is 0.667. The van der Waals surface area contributed by atoms with Crippen LogP contribution in [0.5, 0.6) is 5.75 Å². The van der Waals surface area contributed by atoms with Gasteiger partial charge in [-0.25, -0.2) is 0 Å². The summed E-state index contributed by atoms with van der Waals surface area (Å²) in [5.41, 5.74) is 3.58. The van der Waals surface area contributed by atoms with Gasteiger partial charge >= 0.3 is 0 Å². The standard InChI is InChI=1S/C33H51NO/c1-3-5-7-9-10-11-13-15-29-20-25-33(34-26-29)31-21-23-32(24-22-31)35-27-30-18-16-28(17-19-30)14-12-8-6-4-2/h20-26,28,30H,3-19,27H2,1-2H3. The molecular weight excluding hydrogens is 426 g/mol. The van der Waals surface area contributed by atoms with Crippen molar-refractivity contribution in [3.63, 3.8) is 0 Å². The van der Waals surface area contributed by atoms with Crippen molar-refractivity contribution in [1.82, 2.24) is 4.98 Å². The lowest BCUT2D eigenvalue weighted by Crippen LogP contribution is -2.20. The minimum atomic E-state index is 0.729. The van der Waals surface area contributed by atoms with E-state index in [1.165, 1.54) is 114 Å². The second kappa shape index (κ2) is 16.8. The van der Waals surface area contributed by atoms with Gasteiger partial charge in [-0.3, -0.25) is 4.98 Å². The fourth-order valence-electron chi connectivity index (χ4n) is 5.51. The van der Waals surface area contributed by atoms with Crippen LogP contribution in [0.15, 0.2) is 42.6 Å². The Morgan fingerprint density at radius 1 is 0.686 bits per heavy atom. The summed E-state index contributed by atoms with van der Waals surface area (Å²) in [6.45, 7) is 5.44. The quantitative estimate of drug-likeness (QED) is 0.211. The third-order valence-corrected chi connectivity index (χ3v) is 7.96. The van der Waals surface area contributed by atoms with E-state index in [-0.39, 0.29) is 0 Å². The van der Waals surface area contributed by atoms with Crippen molar-refractivity contribution in [2.24, 2.45) is 11.8 Å². The summed E-state index contributed by atoms with van der Waals surface area (Å²) in [5.74, 6) is 2.69. The lowest BCUT2D eigenvalue weighted by atomic mass is 9.80. The molecule has 0 amide bonds. The molecule has 0 bridgehead atoms. The Morgan fingerprint density at radius 3 is 1.97 bits per heavy atom. The highest BCUT2D eigenvalue weighted by Gasteiger charge is 2.21. The van der Waals surface area contributed by atoms with Gasteiger partial charge in [-0.1, -0.05) is 103 Å². The van der Waals surface area contributed by atoms with Crippen LogP contribution in [0.4, 0.5) is 0 Å². The van der Waals surface area contributed by atoms with Gasteiger partial charge in [0.05, 0.1) is 12.3 Å². The van der Waals surface area contributed by atoms with Crippen LogP contribution in [-0.2, 0) is 6.42 Å². The number of aromatic nitrogens is 1. The molecule has 0 atom stereocenters. The van der Waals surface area contributed by atoms with Crippen LogP contribution in [0, 0.1) is 11.8 Å². The van der Waals surface area contributed by atoms with E-state index in [1.807, 2.05) is 0 Å². The normalized spacial score (nSPS) is 18.0. The van der Waals surface area contributed by atoms with E-state index < -0.39 is 0 Å². The van der Waals surface area contributed by atoms with Gasteiger partial charge in [0, 0.05) is 11.8 Å². The van der Waals surface area contributed by atoms with Gasteiger partial charge in [-0.2, -0.15) is 0 Å². The van der Waals surface area contributed by atoms with Crippen molar-refractivity contribution < 1.29 is 4.74 Å². The summed E-state index contributed by atoms with van der Waals surface area (Å²) < 4.78 is 6.17. The van der Waals surface area contributed by atoms with Crippen LogP contribution in [0.1, 0.15) is 122 Å². The van der Waals surface area contributed by atoms with Gasteiger partial charge in [-0.05, 0) is 73.4 Å². The van der Waals surface area contributed by atoms with E-state index in [2.05, 4.69) is 56.4 Å². The first-order valence-electron chi connectivity index (χ1n) is 15.0. The van der Waals surface area contributed by atoms with E-state index in [1.54, 1.807) is 0 Å². The smallest absolute Gasteiger partial charge is 0.119 e. The molecule has 0 N–H and O–H groups in total. The molecule has 2 aromatic rings. The Balaban J connectivity index is 1.32. The second-order valence-corrected chi connectivity index (χ2v) is 11.0. The maximum Gasteiger partial charge on any atom is 0.119 e. The van der Waals surface area contributed by atoms with Crippen LogP contribution >= 0.6 is 0 Å². The Morgan fingerprint density at radius 2 is 1.31 bits per heavy atom. The number of nitrogens with zero attached hydrogens (tertiary/aromatic N) is 1. The van der Waals surface area contributed by atoms with E-state index in [0.717, 1.165) is 36.3 Å². The first kappa shape index (κ1) is 27.8. The Bertz CT molecular complexity index is 774. The average Bonchev–Trinajstić information content (AvgIpc) is 2.91. The minimum Gasteiger partial charge on any atom is -0.493 e. The zero-order valence-electron chi connectivity index (χ0n) is 22.8. The molecule has 1 aliphatic carbocycles. The van der Waals surface area contributed by atoms with Gasteiger partial charge in [0.1, 0.15) is 5.75 Å². The molecule has 0 radical (unpaired) electrons. The Kier molecular flexibility index (Phi) is 13.3. The van der Waals surface area contributed by atoms with Crippen LogP contribution in [-0.4, -0.2) is 11.6 Å². The number of ether oxygens (including phenoxy) is 1. The zero-order valence-corrected chi connectivity index (χ0v) is 22.8. The number of unbranched alkanes of at least 4 members (excludes halogenated alkanes) is 9. The predicted molar refractivity (Wildman–Crippen MR) is 151 cm³/mol. The molecule has 1 aromatic heterocycles. The Hall–Kier alpha value is -1.83. The van der Waals surface area contributed by atoms with Gasteiger partial charge < -0.3 is 4.74 Å². The van der Waals surface area contributed by atoms with Crippen molar-refractivity contribution in [1.29, 1.82) is 0 Å². The maximum absolute atomic E-state index is 6.17. The summed E-state index contributed by atoms with van der Waals surface area (Å²) in [6.07, 6.45) is 25.3. The fourth-order valence-corrected chi connectivity index (χ4v) is 5.51. The highest BCUT2D eigenvalue weighted by atomic mass is 16.5. The SMILES string of the molecule is CCCCCCCCCc1ccc(-c2ccc(OCC3CCC(CCCCCC)CC3)cc2)nc1. The maximum atomic E-state index is 6.17. The van der Waals surface area contributed by atoms with Gasteiger partial charge in [0.2, 0.25) is 0 Å². The molecule has 1 heterocycles. The molecule has 0 saturated heterocycles. The van der Waals surface area contributed by atoms with E-state index in [0.29, 0.717) is 0 Å². The van der Waals surface area contributed by atoms with Gasteiger partial charge in [0.15, 0.2) is 0 Å². The van der Waals surface area contributed by atoms with Crippen LogP contribution < -0.4 is 4.74 Å². The molecule has 35 heavy (non-hydrogen) atoms. The van der Waals surface area contributed by atoms with E-state index >= 15 is 0 Å². The lowest BCUT2D eigenvalue weighted by Gasteiger charge is -2.28. The summed E-state index contributed by atoms with van der Waals surface area (Å²) in [4.78, 5) is 4.74. The molecule has 2 heteroatoms. The lowest BCUT2D eigenvalue weighted by molar-refractivity contribution is 0.177. The molecule has 0 unspecified atom stereocenters. The number of hydrogen-bond acceptors (Lipinski definition) is 2. The molecule has 2 nitrogen and oxygen atoms in total. The number of rotatable bonds is 17.